The maximum absolute atomic E-state index is 14.0. The van der Waals surface area contributed by atoms with Gasteiger partial charge in [-0.15, -0.1) is 6.58 Å². The number of pyridine rings is 1. The summed E-state index contributed by atoms with van der Waals surface area (Å²) in [6.07, 6.45) is 0.813. The van der Waals surface area contributed by atoms with Crippen molar-refractivity contribution in [2.75, 3.05) is 0 Å². The van der Waals surface area contributed by atoms with Gasteiger partial charge in [-0.05, 0) is 54.7 Å². The van der Waals surface area contributed by atoms with Gasteiger partial charge in [0.15, 0.2) is 5.16 Å². The first kappa shape index (κ1) is 26.5. The number of hydrogen-bond donors (Lipinski definition) is 3. The van der Waals surface area contributed by atoms with E-state index in [1.54, 1.807) is 13.0 Å². The Balaban J connectivity index is 2.55. The highest BCUT2D eigenvalue weighted by molar-refractivity contribution is 7.42. The number of aliphatic carboxylic acids is 1. The molecule has 1 heterocycles. The number of aryl methyl sites for hydroxylation is 1. The molecule has 35 heavy (non-hydrogen) atoms. The van der Waals surface area contributed by atoms with Gasteiger partial charge < -0.3 is 15.1 Å². The van der Waals surface area contributed by atoms with Crippen LogP contribution in [-0.4, -0.2) is 31.2 Å². The van der Waals surface area contributed by atoms with Crippen LogP contribution in [0.25, 0.3) is 22.4 Å². The van der Waals surface area contributed by atoms with Crippen molar-refractivity contribution in [1.82, 2.24) is 4.98 Å². The lowest BCUT2D eigenvalue weighted by Crippen LogP contribution is -2.52. The number of aromatic nitrogens is 1. The Morgan fingerprint density at radius 1 is 1.14 bits per heavy atom. The van der Waals surface area contributed by atoms with Crippen molar-refractivity contribution < 1.29 is 28.9 Å². The summed E-state index contributed by atoms with van der Waals surface area (Å²) in [6.45, 7) is 10.0. The summed E-state index contributed by atoms with van der Waals surface area (Å²) >= 11 is 0. The zero-order chi connectivity index (χ0) is 26.1. The molecule has 8 heteroatoms. The Morgan fingerprint density at radius 3 is 2.26 bits per heavy atom. The van der Waals surface area contributed by atoms with Crippen LogP contribution in [0, 0.1) is 12.7 Å². The van der Waals surface area contributed by atoms with Crippen molar-refractivity contribution in [3.63, 3.8) is 0 Å². The number of rotatable bonds is 8. The van der Waals surface area contributed by atoms with E-state index in [2.05, 4.69) is 6.58 Å². The molecule has 0 radical (unpaired) electrons. The predicted octanol–water partition coefficient (Wildman–Crippen LogP) is 5.67. The van der Waals surface area contributed by atoms with Gasteiger partial charge >= 0.3 is 5.97 Å². The van der Waals surface area contributed by atoms with E-state index in [9.17, 15) is 28.9 Å². The zero-order valence-electron chi connectivity index (χ0n) is 20.0. The smallest absolute Gasteiger partial charge is 0.326 e. The quantitative estimate of drug-likeness (QED) is 0.273. The van der Waals surface area contributed by atoms with E-state index in [1.807, 2.05) is 44.2 Å². The second-order valence-electron chi connectivity index (χ2n) is 8.99. The van der Waals surface area contributed by atoms with Gasteiger partial charge in [-0.1, -0.05) is 56.3 Å². The number of carboxylic acid groups (broad SMARTS) is 1. The molecule has 3 unspecified atom stereocenters. The molecule has 0 aliphatic carbocycles. The molecule has 1 aromatic heterocycles. The van der Waals surface area contributed by atoms with Crippen molar-refractivity contribution in [3.8, 4) is 22.4 Å². The van der Waals surface area contributed by atoms with Crippen LogP contribution in [-0.2, 0) is 15.0 Å². The molecule has 0 fully saturated rings. The van der Waals surface area contributed by atoms with E-state index in [-0.39, 0.29) is 11.5 Å². The molecule has 3 aromatic rings. The third kappa shape index (κ3) is 4.47. The van der Waals surface area contributed by atoms with E-state index in [4.69, 9.17) is 4.98 Å². The maximum Gasteiger partial charge on any atom is 0.326 e. The fraction of sp³-hybridized carbons (Fsp3) is 0.259. The number of aliphatic hydroxyl groups is 1. The van der Waals surface area contributed by atoms with E-state index < -0.39 is 30.6 Å². The first-order valence-corrected chi connectivity index (χ1v) is 12.4. The first-order valence-electron chi connectivity index (χ1n) is 11.1. The lowest BCUT2D eigenvalue weighted by Gasteiger charge is -2.40. The molecule has 0 aliphatic heterocycles. The van der Waals surface area contributed by atoms with E-state index >= 15 is 0 Å². The van der Waals surface area contributed by atoms with Crippen molar-refractivity contribution in [1.29, 1.82) is 0 Å². The van der Waals surface area contributed by atoms with Crippen LogP contribution >= 0.6 is 8.03 Å². The Hall–Kier alpha value is -3.12. The minimum Gasteiger partial charge on any atom is -0.480 e. The van der Waals surface area contributed by atoms with Crippen LogP contribution in [0.3, 0.4) is 0 Å². The van der Waals surface area contributed by atoms with Gasteiger partial charge in [0.05, 0.1) is 11.4 Å². The predicted molar refractivity (Wildman–Crippen MR) is 135 cm³/mol. The third-order valence-electron chi connectivity index (χ3n) is 6.38. The topological polar surface area (TPSA) is 108 Å². The van der Waals surface area contributed by atoms with E-state index in [1.165, 1.54) is 25.1 Å². The fourth-order valence-electron chi connectivity index (χ4n) is 4.47. The summed E-state index contributed by atoms with van der Waals surface area (Å²) in [5.74, 6) is -2.45. The maximum atomic E-state index is 14.0. The highest BCUT2D eigenvalue weighted by Gasteiger charge is 2.58. The molecule has 3 atom stereocenters. The fourth-order valence-corrected chi connectivity index (χ4v) is 5.37. The molecule has 184 valence electrons. The van der Waals surface area contributed by atoms with Crippen LogP contribution in [0.15, 0.2) is 67.3 Å². The van der Waals surface area contributed by atoms with Crippen molar-refractivity contribution in [3.05, 3.63) is 89.9 Å². The minimum absolute atomic E-state index is 0.0802. The van der Waals surface area contributed by atoms with Gasteiger partial charge in [-0.25, -0.2) is 4.39 Å². The van der Waals surface area contributed by atoms with Gasteiger partial charge in [0, 0.05) is 11.1 Å². The van der Waals surface area contributed by atoms with Gasteiger partial charge in [-0.3, -0.25) is 14.3 Å². The molecule has 0 bridgehead atoms. The average Bonchev–Trinajstić information content (AvgIpc) is 2.78. The van der Waals surface area contributed by atoms with Crippen molar-refractivity contribution in [2.24, 2.45) is 0 Å². The molecule has 0 saturated carbocycles. The van der Waals surface area contributed by atoms with Gasteiger partial charge in [0.2, 0.25) is 8.03 Å². The molecule has 0 saturated heterocycles. The second-order valence-corrected chi connectivity index (χ2v) is 10.4. The average molecular weight is 498 g/mol. The van der Waals surface area contributed by atoms with Crippen LogP contribution in [0.4, 0.5) is 4.39 Å². The van der Waals surface area contributed by atoms with Crippen molar-refractivity contribution in [2.45, 2.75) is 44.4 Å². The lowest BCUT2D eigenvalue weighted by atomic mass is 9.75. The minimum atomic E-state index is -3.91. The summed E-state index contributed by atoms with van der Waals surface area (Å²) < 4.78 is 26.5. The monoisotopic (exact) mass is 497 g/mol. The van der Waals surface area contributed by atoms with Crippen LogP contribution in [0.5, 0.6) is 0 Å². The van der Waals surface area contributed by atoms with Crippen LogP contribution in [0.2, 0.25) is 0 Å². The summed E-state index contributed by atoms with van der Waals surface area (Å²) in [7, 11) is -3.91. The highest BCUT2D eigenvalue weighted by atomic mass is 31.1. The molecule has 3 rings (SSSR count). The molecule has 3 N–H and O–H groups in total. The normalized spacial score (nSPS) is 15.8. The Morgan fingerprint density at radius 2 is 1.77 bits per heavy atom. The number of nitrogens with zero attached hydrogens (tertiary/aromatic N) is 1. The zero-order valence-corrected chi connectivity index (χ0v) is 21.0. The Bertz CT molecular complexity index is 1290. The lowest BCUT2D eigenvalue weighted by molar-refractivity contribution is -0.145. The molecule has 0 aliphatic rings. The van der Waals surface area contributed by atoms with E-state index in [0.29, 0.717) is 28.1 Å². The molecular weight excluding hydrogens is 468 g/mol. The largest absolute Gasteiger partial charge is 0.480 e. The number of benzene rings is 2. The number of carbonyl (C=O) groups is 1. The summed E-state index contributed by atoms with van der Waals surface area (Å²) in [6, 6.07) is 15.1. The Kier molecular flexibility index (Phi) is 7.46. The molecular formula is C27H29FNO5P. The van der Waals surface area contributed by atoms with E-state index in [0.717, 1.165) is 11.6 Å². The summed E-state index contributed by atoms with van der Waals surface area (Å²) in [5.41, 5.74) is 0.836. The molecule has 6 nitrogen and oxygen atoms in total. The second kappa shape index (κ2) is 9.86. The van der Waals surface area contributed by atoms with Crippen molar-refractivity contribution >= 4 is 14.0 Å². The van der Waals surface area contributed by atoms with Gasteiger partial charge in [0.1, 0.15) is 11.4 Å². The van der Waals surface area contributed by atoms with Crippen LogP contribution in [0.1, 0.15) is 43.5 Å². The molecule has 2 aromatic carbocycles. The molecule has 0 spiro atoms. The first-order chi connectivity index (χ1) is 16.4. The SMILES string of the molecule is C=CC(C(=O)O)([PH](=O)O)C(C)(O)c1c(-c2ccc(F)cc2C)cc(-c2ccccc2)nc1C(C)C. The summed E-state index contributed by atoms with van der Waals surface area (Å²) in [4.78, 5) is 27.4. The number of halogens is 1. The van der Waals surface area contributed by atoms with Crippen LogP contribution < -0.4 is 0 Å². The molecule has 0 amide bonds. The number of hydrogen-bond acceptors (Lipinski definition) is 4. The summed E-state index contributed by atoms with van der Waals surface area (Å²) in [5, 5.41) is 19.4. The van der Waals surface area contributed by atoms with Gasteiger partial charge in [-0.2, -0.15) is 0 Å². The van der Waals surface area contributed by atoms with Gasteiger partial charge in [0.25, 0.3) is 0 Å². The number of carboxylic acids is 1. The highest BCUT2D eigenvalue weighted by Crippen LogP contribution is 2.53. The Labute approximate surface area is 204 Å². The third-order valence-corrected chi connectivity index (χ3v) is 7.96. The standard InChI is InChI=1S/C27H29FNO5P/c1-6-27(25(30)31,35(33)34)26(5,32)23-21(20-13-12-19(28)14-17(20)4)15-22(29-24(23)16(2)3)18-10-8-7-9-11-18/h6-16,32,35H,1H2,2-5H3,(H,30,31)(H,33,34).